The number of rotatable bonds is 3. The van der Waals surface area contributed by atoms with E-state index >= 15 is 0 Å². The summed E-state index contributed by atoms with van der Waals surface area (Å²) in [7, 11) is 0. The largest absolute Gasteiger partial charge is 0.353 e. The van der Waals surface area contributed by atoms with Crippen molar-refractivity contribution in [2.24, 2.45) is 0 Å². The van der Waals surface area contributed by atoms with Crippen LogP contribution in [0, 0.1) is 10.1 Å². The number of aryl methyl sites for hydroxylation is 1. The minimum atomic E-state index is -0.420. The maximum Gasteiger partial charge on any atom is 0.269 e. The van der Waals surface area contributed by atoms with Crippen LogP contribution < -0.4 is 10.6 Å². The van der Waals surface area contributed by atoms with Crippen molar-refractivity contribution in [3.8, 4) is 0 Å². The highest BCUT2D eigenvalue weighted by molar-refractivity contribution is 7.16. The number of nitrogens with zero attached hydrogens (tertiary/aromatic N) is 1. The Labute approximate surface area is 148 Å². The molecule has 2 aromatic rings. The van der Waals surface area contributed by atoms with Gasteiger partial charge < -0.3 is 10.6 Å². The molecular weight excluding hydrogens is 338 g/mol. The Hall–Kier alpha value is -2.67. The highest BCUT2D eigenvalue weighted by Gasteiger charge is 2.30. The lowest BCUT2D eigenvalue weighted by molar-refractivity contribution is -0.384. The molecule has 1 aliphatic heterocycles. The number of benzene rings is 1. The summed E-state index contributed by atoms with van der Waals surface area (Å²) < 4.78 is 0. The van der Waals surface area contributed by atoms with E-state index in [4.69, 9.17) is 0 Å². The molecule has 0 saturated heterocycles. The van der Waals surface area contributed by atoms with Gasteiger partial charge in [0.1, 0.15) is 11.2 Å². The summed E-state index contributed by atoms with van der Waals surface area (Å²) in [5.74, 6) is -0.0218. The molecular formula is C18H17N3O3S. The fourth-order valence-corrected chi connectivity index (χ4v) is 4.63. The van der Waals surface area contributed by atoms with Crippen LogP contribution in [0.25, 0.3) is 6.08 Å². The average molecular weight is 355 g/mol. The second kappa shape index (κ2) is 6.33. The number of hydrogen-bond acceptors (Lipinski definition) is 5. The smallest absolute Gasteiger partial charge is 0.269 e. The van der Waals surface area contributed by atoms with Gasteiger partial charge >= 0.3 is 0 Å². The Morgan fingerprint density at radius 1 is 1.16 bits per heavy atom. The summed E-state index contributed by atoms with van der Waals surface area (Å²) in [6, 6.07) is 6.32. The molecule has 0 saturated carbocycles. The van der Waals surface area contributed by atoms with Crippen LogP contribution in [0.2, 0.25) is 0 Å². The van der Waals surface area contributed by atoms with Crippen molar-refractivity contribution < 1.29 is 9.72 Å². The fourth-order valence-electron chi connectivity index (χ4n) is 3.31. The number of nitro groups is 1. The second-order valence-electron chi connectivity index (χ2n) is 6.22. The minimum absolute atomic E-state index is 0.0218. The number of nitrogens with one attached hydrogen (secondary N) is 2. The highest BCUT2D eigenvalue weighted by atomic mass is 32.1. The maximum atomic E-state index is 12.5. The van der Waals surface area contributed by atoms with E-state index in [9.17, 15) is 14.9 Å². The van der Waals surface area contributed by atoms with E-state index in [1.165, 1.54) is 29.0 Å². The fraction of sp³-hybridized carbons (Fsp3) is 0.278. The summed E-state index contributed by atoms with van der Waals surface area (Å²) in [4.78, 5) is 24.1. The molecule has 6 nitrogen and oxygen atoms in total. The predicted octanol–water partition coefficient (Wildman–Crippen LogP) is 3.73. The molecule has 1 amide bonds. The number of amides is 1. The second-order valence-corrected chi connectivity index (χ2v) is 7.32. The quantitative estimate of drug-likeness (QED) is 0.649. The van der Waals surface area contributed by atoms with E-state index in [1.807, 2.05) is 12.2 Å². The number of thiophene rings is 1. The summed E-state index contributed by atoms with van der Waals surface area (Å²) in [5.41, 5.74) is 2.95. The summed E-state index contributed by atoms with van der Waals surface area (Å²) in [6.45, 7) is 0. The van der Waals surface area contributed by atoms with Gasteiger partial charge in [-0.2, -0.15) is 0 Å². The van der Waals surface area contributed by atoms with Crippen LogP contribution in [0.15, 0.2) is 30.3 Å². The van der Waals surface area contributed by atoms with E-state index in [0.29, 0.717) is 0 Å². The Morgan fingerprint density at radius 3 is 2.68 bits per heavy atom. The molecule has 25 heavy (non-hydrogen) atoms. The molecule has 0 bridgehead atoms. The molecule has 2 N–H and O–H groups in total. The molecule has 0 radical (unpaired) electrons. The maximum absolute atomic E-state index is 12.5. The lowest BCUT2D eigenvalue weighted by Crippen LogP contribution is -2.43. The van der Waals surface area contributed by atoms with E-state index in [-0.39, 0.29) is 17.8 Å². The molecule has 128 valence electrons. The number of carbonyl (C=O) groups excluding carboxylic acids is 1. The van der Waals surface area contributed by atoms with Crippen LogP contribution >= 0.6 is 11.3 Å². The van der Waals surface area contributed by atoms with Gasteiger partial charge in [-0.25, -0.2) is 0 Å². The normalized spacial score (nSPS) is 19.0. The average Bonchev–Trinajstić information content (AvgIpc) is 2.99. The van der Waals surface area contributed by atoms with Gasteiger partial charge in [-0.05, 0) is 55.0 Å². The van der Waals surface area contributed by atoms with E-state index in [2.05, 4.69) is 10.6 Å². The molecule has 0 fully saturated rings. The number of anilines is 1. The van der Waals surface area contributed by atoms with E-state index in [0.717, 1.165) is 35.4 Å². The van der Waals surface area contributed by atoms with Gasteiger partial charge in [0.05, 0.1) is 10.5 Å². The van der Waals surface area contributed by atoms with Crippen LogP contribution in [0.1, 0.15) is 39.2 Å². The molecule has 0 spiro atoms. The lowest BCUT2D eigenvalue weighted by atomic mass is 9.94. The van der Waals surface area contributed by atoms with Crippen LogP contribution in [-0.4, -0.2) is 17.0 Å². The van der Waals surface area contributed by atoms with Crippen molar-refractivity contribution >= 4 is 34.0 Å². The molecule has 1 aliphatic carbocycles. The SMILES string of the molecule is O=C1NC(/C=C/c2ccc([N+](=O)[O-])cc2)Nc2sc3c(c21)CCCC3. The van der Waals surface area contributed by atoms with Crippen LogP contribution in [0.5, 0.6) is 0 Å². The summed E-state index contributed by atoms with van der Waals surface area (Å²) >= 11 is 1.69. The molecule has 7 heteroatoms. The third-order valence-electron chi connectivity index (χ3n) is 4.56. The first-order valence-electron chi connectivity index (χ1n) is 8.26. The molecule has 2 heterocycles. The Bertz CT molecular complexity index is 870. The van der Waals surface area contributed by atoms with Crippen molar-refractivity contribution in [1.82, 2.24) is 5.32 Å². The molecule has 2 aliphatic rings. The third-order valence-corrected chi connectivity index (χ3v) is 5.78. The van der Waals surface area contributed by atoms with Crippen LogP contribution in [0.3, 0.4) is 0 Å². The molecule has 4 rings (SSSR count). The Balaban J connectivity index is 1.52. The van der Waals surface area contributed by atoms with Crippen molar-refractivity contribution in [3.63, 3.8) is 0 Å². The predicted molar refractivity (Wildman–Crippen MR) is 98.0 cm³/mol. The summed E-state index contributed by atoms with van der Waals surface area (Å²) in [6.07, 6.45) is 7.81. The standard InChI is InChI=1S/C18H17N3O3S/c22-17-16-13-3-1-2-4-14(13)25-18(16)20-15(19-17)10-7-11-5-8-12(9-6-11)21(23)24/h5-10,15,20H,1-4H2,(H,19,22)/b10-7+. The van der Waals surface area contributed by atoms with Gasteiger partial charge in [-0.1, -0.05) is 6.08 Å². The topological polar surface area (TPSA) is 84.3 Å². The number of hydrogen-bond donors (Lipinski definition) is 2. The zero-order valence-electron chi connectivity index (χ0n) is 13.5. The van der Waals surface area contributed by atoms with Gasteiger partial charge in [0.2, 0.25) is 0 Å². The van der Waals surface area contributed by atoms with Crippen molar-refractivity contribution in [2.75, 3.05) is 5.32 Å². The number of nitro benzene ring substituents is 1. The highest BCUT2D eigenvalue weighted by Crippen LogP contribution is 2.39. The molecule has 1 atom stereocenters. The van der Waals surface area contributed by atoms with Crippen molar-refractivity contribution in [1.29, 1.82) is 0 Å². The third kappa shape index (κ3) is 3.02. The van der Waals surface area contributed by atoms with Crippen molar-refractivity contribution in [2.45, 2.75) is 31.8 Å². The van der Waals surface area contributed by atoms with E-state index in [1.54, 1.807) is 23.5 Å². The molecule has 1 unspecified atom stereocenters. The van der Waals surface area contributed by atoms with Crippen LogP contribution in [-0.2, 0) is 12.8 Å². The van der Waals surface area contributed by atoms with Gasteiger partial charge in [0.15, 0.2) is 0 Å². The van der Waals surface area contributed by atoms with Crippen LogP contribution in [0.4, 0.5) is 10.7 Å². The number of non-ortho nitro benzene ring substituents is 1. The first-order chi connectivity index (χ1) is 12.1. The minimum Gasteiger partial charge on any atom is -0.353 e. The van der Waals surface area contributed by atoms with E-state index < -0.39 is 4.92 Å². The number of carbonyl (C=O) groups is 1. The van der Waals surface area contributed by atoms with Gasteiger partial charge in [-0.3, -0.25) is 14.9 Å². The Kier molecular flexibility index (Phi) is 4.01. The molecule has 1 aromatic carbocycles. The monoisotopic (exact) mass is 355 g/mol. The summed E-state index contributed by atoms with van der Waals surface area (Å²) in [5, 5.41) is 18.0. The lowest BCUT2D eigenvalue weighted by Gasteiger charge is -2.24. The zero-order valence-corrected chi connectivity index (χ0v) is 14.3. The molecule has 1 aromatic heterocycles. The van der Waals surface area contributed by atoms with Gasteiger partial charge in [0, 0.05) is 17.0 Å². The first-order valence-corrected chi connectivity index (χ1v) is 9.08. The van der Waals surface area contributed by atoms with Gasteiger partial charge in [0.25, 0.3) is 11.6 Å². The Morgan fingerprint density at radius 2 is 1.92 bits per heavy atom. The number of fused-ring (bicyclic) bond motifs is 3. The van der Waals surface area contributed by atoms with Gasteiger partial charge in [-0.15, -0.1) is 11.3 Å². The van der Waals surface area contributed by atoms with Crippen molar-refractivity contribution in [3.05, 3.63) is 62.0 Å². The zero-order chi connectivity index (χ0) is 17.4. The first kappa shape index (κ1) is 15.8.